The Morgan fingerprint density at radius 1 is 0.800 bits per heavy atom. The number of sulfone groups is 1. The van der Waals surface area contributed by atoms with Crippen molar-refractivity contribution in [1.82, 2.24) is 0 Å². The number of rotatable bonds is 3. The Morgan fingerprint density at radius 3 is 1.90 bits per heavy atom. The van der Waals surface area contributed by atoms with Crippen LogP contribution in [0.5, 0.6) is 0 Å². The van der Waals surface area contributed by atoms with Crippen LogP contribution >= 0.6 is 0 Å². The van der Waals surface area contributed by atoms with Gasteiger partial charge in [-0.25, -0.2) is 17.2 Å². The lowest BCUT2D eigenvalue weighted by Crippen LogP contribution is -2.50. The number of hydrogen-bond acceptors (Lipinski definition) is 2. The van der Waals surface area contributed by atoms with Gasteiger partial charge in [0.05, 0.1) is 9.80 Å². The van der Waals surface area contributed by atoms with E-state index < -0.39 is 39.2 Å². The molecule has 11 heteroatoms. The number of halogens is 8. The van der Waals surface area contributed by atoms with E-state index in [0.717, 1.165) is 30.3 Å². The second-order valence-corrected chi connectivity index (χ2v) is 8.51. The van der Waals surface area contributed by atoms with E-state index in [9.17, 15) is 43.5 Å². The lowest BCUT2D eigenvalue weighted by molar-refractivity contribution is -0.348. The number of benzene rings is 2. The van der Waals surface area contributed by atoms with Crippen molar-refractivity contribution >= 4 is 14.7 Å². The van der Waals surface area contributed by atoms with Crippen LogP contribution in [0.2, 0.25) is 0 Å². The summed E-state index contributed by atoms with van der Waals surface area (Å²) in [6.45, 7) is 0. The van der Waals surface area contributed by atoms with E-state index in [2.05, 4.69) is 0 Å². The Kier molecular flexibility index (Phi) is 5.25. The van der Waals surface area contributed by atoms with E-state index in [1.165, 1.54) is 6.08 Å². The number of fused-ring (bicyclic) bond motifs is 1. The molecular weight excluding hydrogens is 444 g/mol. The van der Waals surface area contributed by atoms with Gasteiger partial charge in [0.25, 0.3) is 0 Å². The average Bonchev–Trinajstić information content (AvgIpc) is 2.65. The molecule has 162 valence electrons. The molecule has 0 amide bonds. The summed E-state index contributed by atoms with van der Waals surface area (Å²) in [5.74, 6) is -0.699. The minimum Gasteiger partial charge on any atom is -0.219 e. The van der Waals surface area contributed by atoms with Gasteiger partial charge in [0.15, 0.2) is 0 Å². The third kappa shape index (κ3) is 3.48. The van der Waals surface area contributed by atoms with Crippen molar-refractivity contribution in [2.75, 3.05) is 0 Å². The second-order valence-electron chi connectivity index (χ2n) is 6.59. The van der Waals surface area contributed by atoms with Crippen LogP contribution in [-0.4, -0.2) is 20.8 Å². The molecule has 0 atom stereocenters. The van der Waals surface area contributed by atoms with Crippen LogP contribution in [-0.2, 0) is 21.9 Å². The van der Waals surface area contributed by atoms with Crippen LogP contribution in [0, 0.1) is 5.82 Å². The van der Waals surface area contributed by atoms with Crippen molar-refractivity contribution in [3.8, 4) is 0 Å². The van der Waals surface area contributed by atoms with E-state index >= 15 is 0 Å². The van der Waals surface area contributed by atoms with Crippen LogP contribution in [0.25, 0.3) is 4.91 Å². The first kappa shape index (κ1) is 22.3. The molecule has 3 rings (SSSR count). The van der Waals surface area contributed by atoms with Crippen molar-refractivity contribution in [1.29, 1.82) is 0 Å². The van der Waals surface area contributed by atoms with Gasteiger partial charge in [-0.2, -0.15) is 26.3 Å². The maximum absolute atomic E-state index is 14.3. The fraction of sp³-hybridized carbons (Fsp3) is 0.263. The van der Waals surface area contributed by atoms with Gasteiger partial charge < -0.3 is 0 Å². The molecule has 2 nitrogen and oxygen atoms in total. The fourth-order valence-electron chi connectivity index (χ4n) is 3.21. The van der Waals surface area contributed by atoms with Crippen molar-refractivity contribution in [3.63, 3.8) is 0 Å². The van der Waals surface area contributed by atoms with Crippen molar-refractivity contribution in [3.05, 3.63) is 71.0 Å². The highest BCUT2D eigenvalue weighted by Gasteiger charge is 2.73. The monoisotopic (exact) mass is 456 g/mol. The summed E-state index contributed by atoms with van der Waals surface area (Å²) in [4.78, 5) is -0.664. The zero-order chi connectivity index (χ0) is 22.5. The molecule has 2 aromatic rings. The predicted octanol–water partition coefficient (Wildman–Crippen LogP) is 5.88. The van der Waals surface area contributed by atoms with Gasteiger partial charge >= 0.3 is 18.0 Å². The van der Waals surface area contributed by atoms with Crippen LogP contribution in [0.15, 0.2) is 53.4 Å². The predicted molar refractivity (Wildman–Crippen MR) is 91.2 cm³/mol. The van der Waals surface area contributed by atoms with E-state index in [4.69, 9.17) is 0 Å². The summed E-state index contributed by atoms with van der Waals surface area (Å²) in [6, 6.07) is 5.14. The minimum absolute atomic E-state index is 0.0104. The summed E-state index contributed by atoms with van der Waals surface area (Å²) >= 11 is 0. The number of hydrogen-bond donors (Lipinski definition) is 0. The Hall–Kier alpha value is -2.43. The Labute approximate surface area is 165 Å². The van der Waals surface area contributed by atoms with Gasteiger partial charge in [-0.3, -0.25) is 0 Å². The summed E-state index contributed by atoms with van der Waals surface area (Å²) < 4.78 is 131. The first-order chi connectivity index (χ1) is 13.7. The maximum atomic E-state index is 14.3. The second kappa shape index (κ2) is 7.07. The van der Waals surface area contributed by atoms with Gasteiger partial charge in [-0.05, 0) is 48.2 Å². The molecule has 1 aliphatic carbocycles. The molecule has 0 saturated carbocycles. The standard InChI is InChI=1S/C19H12F8O2S/c20-13-5-7-14(8-6-13)30(28,29)16-3-1-2-11-10-12(4-9-15(11)16)17(21,18(22,23)24)19(25,26)27/h3-10H,1-2H2. The smallest absolute Gasteiger partial charge is 0.219 e. The molecule has 0 spiro atoms. The highest BCUT2D eigenvalue weighted by atomic mass is 32.2. The molecule has 0 radical (unpaired) electrons. The summed E-state index contributed by atoms with van der Waals surface area (Å²) in [7, 11) is -4.24. The molecule has 0 N–H and O–H groups in total. The lowest BCUT2D eigenvalue weighted by atomic mass is 9.88. The molecule has 0 bridgehead atoms. The fourth-order valence-corrected chi connectivity index (χ4v) is 4.78. The zero-order valence-electron chi connectivity index (χ0n) is 14.8. The molecule has 0 aromatic heterocycles. The zero-order valence-corrected chi connectivity index (χ0v) is 15.6. The summed E-state index contributed by atoms with van der Waals surface area (Å²) in [5.41, 5.74) is -7.60. The van der Waals surface area contributed by atoms with Crippen molar-refractivity contribution < 1.29 is 43.5 Å². The molecule has 1 aliphatic rings. The van der Waals surface area contributed by atoms with Gasteiger partial charge in [0, 0.05) is 5.56 Å². The third-order valence-electron chi connectivity index (χ3n) is 4.71. The van der Waals surface area contributed by atoms with E-state index in [1.807, 2.05) is 0 Å². The normalized spacial score (nSPS) is 15.5. The van der Waals surface area contributed by atoms with Gasteiger partial charge in [0.2, 0.25) is 9.84 Å². The molecule has 30 heavy (non-hydrogen) atoms. The van der Waals surface area contributed by atoms with Crippen LogP contribution < -0.4 is 0 Å². The third-order valence-corrected chi connectivity index (χ3v) is 6.56. The maximum Gasteiger partial charge on any atom is 0.435 e. The van der Waals surface area contributed by atoms with Crippen LogP contribution in [0.1, 0.15) is 23.1 Å². The Balaban J connectivity index is 2.13. The number of aryl methyl sites for hydroxylation is 1. The SMILES string of the molecule is O=S(=O)(C1=CCCc2cc(C(F)(C(F)(F)F)C(F)(F)F)ccc21)c1ccc(F)cc1. The lowest BCUT2D eigenvalue weighted by Gasteiger charge is -2.31. The van der Waals surface area contributed by atoms with Crippen LogP contribution in [0.3, 0.4) is 0 Å². The van der Waals surface area contributed by atoms with Gasteiger partial charge in [-0.1, -0.05) is 24.3 Å². The topological polar surface area (TPSA) is 34.1 Å². The summed E-state index contributed by atoms with van der Waals surface area (Å²) in [5, 5.41) is 0. The number of alkyl halides is 7. The Morgan fingerprint density at radius 2 is 1.37 bits per heavy atom. The minimum atomic E-state index is -6.27. The van der Waals surface area contributed by atoms with Crippen LogP contribution in [0.4, 0.5) is 35.1 Å². The molecule has 0 fully saturated rings. The van der Waals surface area contributed by atoms with Gasteiger partial charge in [0.1, 0.15) is 5.82 Å². The van der Waals surface area contributed by atoms with E-state index in [1.54, 1.807) is 0 Å². The molecule has 0 aliphatic heterocycles. The summed E-state index contributed by atoms with van der Waals surface area (Å²) in [6.07, 6.45) is -11.4. The quantitative estimate of drug-likeness (QED) is 0.427. The molecule has 0 heterocycles. The Bertz CT molecular complexity index is 1080. The molecule has 0 saturated heterocycles. The molecule has 2 aromatic carbocycles. The first-order valence-corrected chi connectivity index (χ1v) is 9.85. The largest absolute Gasteiger partial charge is 0.435 e. The number of allylic oxidation sites excluding steroid dienone is 1. The highest BCUT2D eigenvalue weighted by molar-refractivity contribution is 8.00. The van der Waals surface area contributed by atoms with Gasteiger partial charge in [-0.15, -0.1) is 0 Å². The molecule has 0 unspecified atom stereocenters. The van der Waals surface area contributed by atoms with E-state index in [-0.39, 0.29) is 39.8 Å². The highest BCUT2D eigenvalue weighted by Crippen LogP contribution is 2.53. The average molecular weight is 456 g/mol. The van der Waals surface area contributed by atoms with Crippen molar-refractivity contribution in [2.24, 2.45) is 0 Å². The van der Waals surface area contributed by atoms with Crippen molar-refractivity contribution in [2.45, 2.75) is 35.8 Å². The van der Waals surface area contributed by atoms with E-state index in [0.29, 0.717) is 6.07 Å². The molecular formula is C19H12F8O2S. The first-order valence-electron chi connectivity index (χ1n) is 8.36.